The van der Waals surface area contributed by atoms with Gasteiger partial charge in [0.05, 0.1) is 11.6 Å². The molecule has 2 fully saturated rings. The second-order valence-electron chi connectivity index (χ2n) is 7.53. The number of amides is 2. The molecular formula is C20H28N4O3. The topological polar surface area (TPSA) is 88.8 Å². The lowest BCUT2D eigenvalue weighted by Gasteiger charge is -2.46. The van der Waals surface area contributed by atoms with Crippen molar-refractivity contribution in [3.05, 3.63) is 29.8 Å². The van der Waals surface area contributed by atoms with Gasteiger partial charge in [0.2, 0.25) is 0 Å². The van der Waals surface area contributed by atoms with Crippen molar-refractivity contribution in [2.75, 3.05) is 45.9 Å². The van der Waals surface area contributed by atoms with Crippen LogP contribution in [0.3, 0.4) is 0 Å². The number of hydrogen-bond acceptors (Lipinski definition) is 5. The number of ether oxygens (including phenoxy) is 1. The summed E-state index contributed by atoms with van der Waals surface area (Å²) in [6.07, 6.45) is 0.587. The molecule has 2 aliphatic heterocycles. The van der Waals surface area contributed by atoms with Crippen molar-refractivity contribution in [3.8, 4) is 11.8 Å². The third kappa shape index (κ3) is 5.34. The molecular weight excluding hydrogens is 344 g/mol. The molecule has 1 aromatic carbocycles. The fourth-order valence-electron chi connectivity index (χ4n) is 4.13. The summed E-state index contributed by atoms with van der Waals surface area (Å²) >= 11 is 0. The number of fused-ring (bicyclic) bond motifs is 2. The van der Waals surface area contributed by atoms with Gasteiger partial charge in [0.25, 0.3) is 0 Å². The van der Waals surface area contributed by atoms with Crippen molar-refractivity contribution in [2.24, 2.45) is 11.8 Å². The Morgan fingerprint density at radius 3 is 2.56 bits per heavy atom. The summed E-state index contributed by atoms with van der Waals surface area (Å²) < 4.78 is 5.63. The predicted molar refractivity (Wildman–Crippen MR) is 101 cm³/mol. The van der Waals surface area contributed by atoms with Gasteiger partial charge in [0.1, 0.15) is 18.5 Å². The zero-order valence-electron chi connectivity index (χ0n) is 15.8. The minimum absolute atomic E-state index is 0.0384. The maximum atomic E-state index is 12.1. The van der Waals surface area contributed by atoms with E-state index < -0.39 is 6.10 Å². The van der Waals surface area contributed by atoms with Crippen molar-refractivity contribution < 1.29 is 14.6 Å². The van der Waals surface area contributed by atoms with E-state index in [9.17, 15) is 9.90 Å². The Morgan fingerprint density at radius 2 is 1.96 bits per heavy atom. The van der Waals surface area contributed by atoms with E-state index in [0.29, 0.717) is 36.2 Å². The first kappa shape index (κ1) is 19.5. The fraction of sp³-hybridized carbons (Fsp3) is 0.600. The van der Waals surface area contributed by atoms with Crippen LogP contribution in [0.5, 0.6) is 5.75 Å². The number of carbonyl (C=O) groups excluding carboxylic acids is 1. The van der Waals surface area contributed by atoms with Crippen molar-refractivity contribution >= 4 is 6.03 Å². The Morgan fingerprint density at radius 1 is 1.30 bits per heavy atom. The number of nitriles is 1. The van der Waals surface area contributed by atoms with Gasteiger partial charge in [0.15, 0.2) is 0 Å². The van der Waals surface area contributed by atoms with Gasteiger partial charge in [0, 0.05) is 39.3 Å². The Hall–Kier alpha value is -2.30. The second kappa shape index (κ2) is 9.07. The van der Waals surface area contributed by atoms with Gasteiger partial charge in [-0.15, -0.1) is 0 Å². The molecule has 7 nitrogen and oxygen atoms in total. The van der Waals surface area contributed by atoms with E-state index >= 15 is 0 Å². The van der Waals surface area contributed by atoms with E-state index in [4.69, 9.17) is 10.00 Å². The fourth-order valence-corrected chi connectivity index (χ4v) is 4.13. The highest BCUT2D eigenvalue weighted by Crippen LogP contribution is 2.28. The minimum atomic E-state index is -0.570. The van der Waals surface area contributed by atoms with Gasteiger partial charge in [-0.05, 0) is 49.4 Å². The second-order valence-corrected chi connectivity index (χ2v) is 7.53. The van der Waals surface area contributed by atoms with Crippen LogP contribution in [-0.4, -0.2) is 72.9 Å². The van der Waals surface area contributed by atoms with Crippen molar-refractivity contribution in [3.63, 3.8) is 0 Å². The normalized spacial score (nSPS) is 23.4. The van der Waals surface area contributed by atoms with Crippen LogP contribution in [0.4, 0.5) is 4.79 Å². The first-order valence-electron chi connectivity index (χ1n) is 9.63. The van der Waals surface area contributed by atoms with E-state index in [2.05, 4.69) is 16.3 Å². The van der Waals surface area contributed by atoms with Crippen molar-refractivity contribution in [1.29, 1.82) is 5.26 Å². The average molecular weight is 372 g/mol. The molecule has 2 amide bonds. The Bertz CT molecular complexity index is 659. The van der Waals surface area contributed by atoms with Crippen molar-refractivity contribution in [2.45, 2.75) is 19.4 Å². The Labute approximate surface area is 160 Å². The molecule has 2 heterocycles. The number of benzene rings is 1. The summed E-state index contributed by atoms with van der Waals surface area (Å²) in [6.45, 7) is 6.77. The third-order valence-corrected chi connectivity index (χ3v) is 5.17. The molecule has 0 radical (unpaired) electrons. The summed E-state index contributed by atoms with van der Waals surface area (Å²) in [6, 6.07) is 9.00. The molecule has 2 saturated heterocycles. The number of rotatable bonds is 6. The number of likely N-dealkylation sites (tertiary alicyclic amines) is 2. The molecule has 0 saturated carbocycles. The van der Waals surface area contributed by atoms with E-state index in [-0.39, 0.29) is 12.6 Å². The highest BCUT2D eigenvalue weighted by Gasteiger charge is 2.36. The zero-order valence-corrected chi connectivity index (χ0v) is 15.8. The lowest BCUT2D eigenvalue weighted by Crippen LogP contribution is -2.56. The van der Waals surface area contributed by atoms with E-state index in [1.54, 1.807) is 24.3 Å². The summed E-state index contributed by atoms with van der Waals surface area (Å²) in [4.78, 5) is 16.3. The van der Waals surface area contributed by atoms with Crippen LogP contribution >= 0.6 is 0 Å². The Kier molecular flexibility index (Phi) is 6.54. The number of urea groups is 1. The van der Waals surface area contributed by atoms with Crippen LogP contribution in [0.2, 0.25) is 0 Å². The quantitative estimate of drug-likeness (QED) is 0.785. The van der Waals surface area contributed by atoms with Crippen LogP contribution in [-0.2, 0) is 0 Å². The molecule has 7 heteroatoms. The van der Waals surface area contributed by atoms with E-state index in [1.807, 2.05) is 11.8 Å². The van der Waals surface area contributed by atoms with Gasteiger partial charge in [-0.3, -0.25) is 4.90 Å². The van der Waals surface area contributed by atoms with Gasteiger partial charge in [-0.2, -0.15) is 5.26 Å². The average Bonchev–Trinajstić information content (AvgIpc) is 2.66. The van der Waals surface area contributed by atoms with Gasteiger partial charge in [-0.25, -0.2) is 4.79 Å². The number of hydrogen-bond donors (Lipinski definition) is 2. The molecule has 27 heavy (non-hydrogen) atoms. The summed E-state index contributed by atoms with van der Waals surface area (Å²) in [7, 11) is 0. The molecule has 0 aromatic heterocycles. The van der Waals surface area contributed by atoms with Gasteiger partial charge >= 0.3 is 6.03 Å². The monoisotopic (exact) mass is 372 g/mol. The standard InChI is InChI=1S/C20H28N4O3/c1-2-22-20(26)24-11-16-7-17(12-24)10-23(9-16)13-18(25)14-27-19-5-3-15(8-21)4-6-19/h3-6,16-18,25H,2,7,9-14H2,1H3,(H,22,26). The van der Waals surface area contributed by atoms with E-state index in [1.165, 1.54) is 0 Å². The summed E-state index contributed by atoms with van der Waals surface area (Å²) in [5.74, 6) is 1.58. The third-order valence-electron chi connectivity index (χ3n) is 5.17. The highest BCUT2D eigenvalue weighted by atomic mass is 16.5. The number of aliphatic hydroxyl groups excluding tert-OH is 1. The number of piperidine rings is 2. The molecule has 3 atom stereocenters. The molecule has 2 bridgehead atoms. The Balaban J connectivity index is 1.44. The van der Waals surface area contributed by atoms with Gasteiger partial charge < -0.3 is 20.1 Å². The number of nitrogens with zero attached hydrogens (tertiary/aromatic N) is 3. The van der Waals surface area contributed by atoms with Crippen LogP contribution in [0.25, 0.3) is 0 Å². The lowest BCUT2D eigenvalue weighted by molar-refractivity contribution is 0.00924. The molecule has 2 aliphatic rings. The predicted octanol–water partition coefficient (Wildman–Crippen LogP) is 1.28. The molecule has 2 N–H and O–H groups in total. The maximum absolute atomic E-state index is 12.1. The summed E-state index contributed by atoms with van der Waals surface area (Å²) in [5, 5.41) is 22.0. The van der Waals surface area contributed by atoms with Crippen LogP contribution in [0.1, 0.15) is 18.9 Å². The summed E-state index contributed by atoms with van der Waals surface area (Å²) in [5.41, 5.74) is 0.587. The number of β-amino-alcohol motifs (C(OH)–C–C–N with tert-alkyl or cyclic N) is 1. The molecule has 0 aliphatic carbocycles. The number of nitrogens with one attached hydrogen (secondary N) is 1. The lowest BCUT2D eigenvalue weighted by atomic mass is 9.84. The SMILES string of the molecule is CCNC(=O)N1CC2CC(CN(CC(O)COc3ccc(C#N)cc3)C2)C1. The molecule has 3 rings (SSSR count). The highest BCUT2D eigenvalue weighted by molar-refractivity contribution is 5.74. The van der Waals surface area contributed by atoms with Crippen LogP contribution in [0.15, 0.2) is 24.3 Å². The first-order chi connectivity index (χ1) is 13.1. The number of aliphatic hydroxyl groups is 1. The largest absolute Gasteiger partial charge is 0.491 e. The van der Waals surface area contributed by atoms with E-state index in [0.717, 1.165) is 32.6 Å². The van der Waals surface area contributed by atoms with Crippen LogP contribution < -0.4 is 10.1 Å². The first-order valence-corrected chi connectivity index (χ1v) is 9.63. The molecule has 3 unspecified atom stereocenters. The molecule has 0 spiro atoms. The van der Waals surface area contributed by atoms with Gasteiger partial charge in [-0.1, -0.05) is 0 Å². The molecule has 146 valence electrons. The smallest absolute Gasteiger partial charge is 0.317 e. The van der Waals surface area contributed by atoms with Crippen LogP contribution in [0, 0.1) is 23.2 Å². The molecule has 1 aromatic rings. The van der Waals surface area contributed by atoms with Crippen molar-refractivity contribution in [1.82, 2.24) is 15.1 Å². The minimum Gasteiger partial charge on any atom is -0.491 e. The number of carbonyl (C=O) groups is 1. The maximum Gasteiger partial charge on any atom is 0.317 e. The zero-order chi connectivity index (χ0) is 19.2.